The standard InChI is InChI=1S/C14H7ClF5NOS/c15-6-1-3-7(4-2-6)21-8(22)5-23-14-12(19)10(17)9(16)11(18)13(14)20/h1-4H,5H2,(H,21,22). The predicted molar refractivity (Wildman–Crippen MR) is 77.0 cm³/mol. The molecule has 0 aliphatic rings. The molecule has 23 heavy (non-hydrogen) atoms. The fraction of sp³-hybridized carbons (Fsp3) is 0.0714. The first-order valence-corrected chi connectivity index (χ1v) is 7.37. The third kappa shape index (κ3) is 3.94. The minimum Gasteiger partial charge on any atom is -0.325 e. The van der Waals surface area contributed by atoms with E-state index in [0.29, 0.717) is 10.7 Å². The second-order valence-corrected chi connectivity index (χ2v) is 5.66. The van der Waals surface area contributed by atoms with Gasteiger partial charge in [0.1, 0.15) is 0 Å². The quantitative estimate of drug-likeness (QED) is 0.365. The number of amides is 1. The van der Waals surface area contributed by atoms with Crippen LogP contribution in [0.25, 0.3) is 0 Å². The molecule has 1 amide bonds. The molecule has 0 fully saturated rings. The summed E-state index contributed by atoms with van der Waals surface area (Å²) in [4.78, 5) is 10.6. The highest BCUT2D eigenvalue weighted by Crippen LogP contribution is 2.30. The van der Waals surface area contributed by atoms with Gasteiger partial charge < -0.3 is 5.32 Å². The first-order valence-electron chi connectivity index (χ1n) is 6.01. The maximum absolute atomic E-state index is 13.4. The van der Waals surface area contributed by atoms with Gasteiger partial charge in [-0.25, -0.2) is 22.0 Å². The molecule has 0 saturated heterocycles. The van der Waals surface area contributed by atoms with Crippen LogP contribution in [0.15, 0.2) is 29.2 Å². The normalized spacial score (nSPS) is 10.7. The topological polar surface area (TPSA) is 29.1 Å². The summed E-state index contributed by atoms with van der Waals surface area (Å²) in [7, 11) is 0. The molecule has 0 heterocycles. The molecule has 0 aromatic heterocycles. The number of carbonyl (C=O) groups excluding carboxylic acids is 1. The van der Waals surface area contributed by atoms with E-state index >= 15 is 0 Å². The Labute approximate surface area is 136 Å². The molecule has 0 atom stereocenters. The lowest BCUT2D eigenvalue weighted by molar-refractivity contribution is -0.113. The smallest absolute Gasteiger partial charge is 0.234 e. The lowest BCUT2D eigenvalue weighted by Crippen LogP contribution is -2.14. The lowest BCUT2D eigenvalue weighted by atomic mass is 10.3. The van der Waals surface area contributed by atoms with Gasteiger partial charge in [0.05, 0.1) is 10.6 Å². The summed E-state index contributed by atoms with van der Waals surface area (Å²) >= 11 is 5.87. The second-order valence-electron chi connectivity index (χ2n) is 4.24. The maximum atomic E-state index is 13.4. The molecule has 0 radical (unpaired) electrons. The van der Waals surface area contributed by atoms with Crippen molar-refractivity contribution in [3.8, 4) is 0 Å². The van der Waals surface area contributed by atoms with Gasteiger partial charge in [0, 0.05) is 10.7 Å². The van der Waals surface area contributed by atoms with E-state index in [-0.39, 0.29) is 11.8 Å². The monoisotopic (exact) mass is 367 g/mol. The van der Waals surface area contributed by atoms with Crippen LogP contribution in [0.2, 0.25) is 5.02 Å². The van der Waals surface area contributed by atoms with Crippen molar-refractivity contribution < 1.29 is 26.7 Å². The molecule has 122 valence electrons. The van der Waals surface area contributed by atoms with Crippen LogP contribution in [0.4, 0.5) is 27.6 Å². The average molecular weight is 368 g/mol. The van der Waals surface area contributed by atoms with Crippen LogP contribution in [0.3, 0.4) is 0 Å². The Morgan fingerprint density at radius 3 is 1.91 bits per heavy atom. The van der Waals surface area contributed by atoms with E-state index in [0.717, 1.165) is 0 Å². The van der Waals surface area contributed by atoms with E-state index in [1.165, 1.54) is 24.3 Å². The number of carbonyl (C=O) groups is 1. The molecule has 1 N–H and O–H groups in total. The number of halogens is 6. The first kappa shape index (κ1) is 17.6. The van der Waals surface area contributed by atoms with Gasteiger partial charge in [-0.15, -0.1) is 11.8 Å². The van der Waals surface area contributed by atoms with Crippen molar-refractivity contribution in [2.45, 2.75) is 4.90 Å². The van der Waals surface area contributed by atoms with Gasteiger partial charge >= 0.3 is 0 Å². The van der Waals surface area contributed by atoms with E-state index in [4.69, 9.17) is 11.6 Å². The van der Waals surface area contributed by atoms with E-state index in [2.05, 4.69) is 5.32 Å². The van der Waals surface area contributed by atoms with Crippen LogP contribution in [-0.4, -0.2) is 11.7 Å². The van der Waals surface area contributed by atoms with Crippen LogP contribution < -0.4 is 5.32 Å². The van der Waals surface area contributed by atoms with Gasteiger partial charge in [0.15, 0.2) is 23.3 Å². The molecule has 2 aromatic carbocycles. The highest BCUT2D eigenvalue weighted by atomic mass is 35.5. The number of thioether (sulfide) groups is 1. The van der Waals surface area contributed by atoms with Crippen molar-refractivity contribution in [2.24, 2.45) is 0 Å². The fourth-order valence-corrected chi connectivity index (χ4v) is 2.49. The molecule has 2 nitrogen and oxygen atoms in total. The van der Waals surface area contributed by atoms with Gasteiger partial charge in [-0.05, 0) is 24.3 Å². The summed E-state index contributed by atoms with van der Waals surface area (Å²) in [6.45, 7) is 0. The minimum absolute atomic E-state index is 0.206. The Hall–Kier alpha value is -1.80. The Kier molecular flexibility index (Phi) is 5.48. The summed E-state index contributed by atoms with van der Waals surface area (Å²) in [5, 5.41) is 2.84. The Morgan fingerprint density at radius 2 is 1.39 bits per heavy atom. The van der Waals surface area contributed by atoms with Crippen molar-refractivity contribution in [3.05, 3.63) is 58.4 Å². The van der Waals surface area contributed by atoms with Crippen molar-refractivity contribution >= 4 is 35.0 Å². The van der Waals surface area contributed by atoms with Crippen molar-refractivity contribution in [3.63, 3.8) is 0 Å². The van der Waals surface area contributed by atoms with Crippen LogP contribution in [0, 0.1) is 29.1 Å². The van der Waals surface area contributed by atoms with Crippen LogP contribution in [-0.2, 0) is 4.79 Å². The molecule has 0 spiro atoms. The zero-order valence-corrected chi connectivity index (χ0v) is 12.7. The Morgan fingerprint density at radius 1 is 0.913 bits per heavy atom. The van der Waals surface area contributed by atoms with Gasteiger partial charge in [-0.1, -0.05) is 11.6 Å². The van der Waals surface area contributed by atoms with Gasteiger partial charge in [-0.2, -0.15) is 0 Å². The number of hydrogen-bond donors (Lipinski definition) is 1. The molecule has 0 aliphatic carbocycles. The minimum atomic E-state index is -2.24. The number of nitrogens with one attached hydrogen (secondary N) is 1. The van der Waals surface area contributed by atoms with Crippen LogP contribution in [0.1, 0.15) is 0 Å². The van der Waals surface area contributed by atoms with Crippen LogP contribution in [0.5, 0.6) is 0 Å². The van der Waals surface area contributed by atoms with Gasteiger partial charge in [0.25, 0.3) is 0 Å². The average Bonchev–Trinajstić information content (AvgIpc) is 2.53. The summed E-state index contributed by atoms with van der Waals surface area (Å²) in [6.07, 6.45) is 0. The predicted octanol–water partition coefficient (Wildman–Crippen LogP) is 4.77. The number of rotatable bonds is 4. The fourth-order valence-electron chi connectivity index (χ4n) is 1.58. The number of anilines is 1. The van der Waals surface area contributed by atoms with Gasteiger partial charge in [-0.3, -0.25) is 4.79 Å². The number of hydrogen-bond acceptors (Lipinski definition) is 2. The largest absolute Gasteiger partial charge is 0.325 e. The highest BCUT2D eigenvalue weighted by Gasteiger charge is 2.26. The SMILES string of the molecule is O=C(CSc1c(F)c(F)c(F)c(F)c1F)Nc1ccc(Cl)cc1. The summed E-state index contributed by atoms with van der Waals surface area (Å²) < 4.78 is 65.8. The molecular weight excluding hydrogens is 361 g/mol. The summed E-state index contributed by atoms with van der Waals surface area (Å²) in [6, 6.07) is 6.00. The molecule has 0 unspecified atom stereocenters. The van der Waals surface area contributed by atoms with Crippen molar-refractivity contribution in [1.29, 1.82) is 0 Å². The van der Waals surface area contributed by atoms with Crippen molar-refractivity contribution in [2.75, 3.05) is 11.1 Å². The Bertz CT molecular complexity index is 725. The Balaban J connectivity index is 2.09. The van der Waals surface area contributed by atoms with Crippen molar-refractivity contribution in [1.82, 2.24) is 0 Å². The molecule has 2 aromatic rings. The molecule has 9 heteroatoms. The van der Waals surface area contributed by atoms with E-state index in [1.807, 2.05) is 0 Å². The third-order valence-electron chi connectivity index (χ3n) is 2.65. The van der Waals surface area contributed by atoms with Gasteiger partial charge in [0.2, 0.25) is 11.7 Å². The molecule has 0 bridgehead atoms. The van der Waals surface area contributed by atoms with E-state index in [1.54, 1.807) is 0 Å². The molecule has 0 aliphatic heterocycles. The van der Waals surface area contributed by atoms with Crippen LogP contribution >= 0.6 is 23.4 Å². The lowest BCUT2D eigenvalue weighted by Gasteiger charge is -2.08. The molecular formula is C14H7ClF5NOS. The molecule has 0 saturated carbocycles. The maximum Gasteiger partial charge on any atom is 0.234 e. The third-order valence-corrected chi connectivity index (χ3v) is 3.95. The highest BCUT2D eigenvalue weighted by molar-refractivity contribution is 8.00. The summed E-state index contributed by atoms with van der Waals surface area (Å²) in [5.41, 5.74) is 0.373. The van der Waals surface area contributed by atoms with E-state index in [9.17, 15) is 26.7 Å². The second kappa shape index (κ2) is 7.18. The number of benzene rings is 2. The summed E-state index contributed by atoms with van der Waals surface area (Å²) in [5.74, 6) is -11.5. The first-order chi connectivity index (χ1) is 10.8. The van der Waals surface area contributed by atoms with E-state index < -0.39 is 45.6 Å². The zero-order valence-electron chi connectivity index (χ0n) is 11.1. The zero-order chi connectivity index (χ0) is 17.1. The molecule has 2 rings (SSSR count).